The van der Waals surface area contributed by atoms with Gasteiger partial charge >= 0.3 is 5.69 Å². The van der Waals surface area contributed by atoms with Gasteiger partial charge in [-0.25, -0.2) is 4.98 Å². The highest BCUT2D eigenvalue weighted by Gasteiger charge is 2.23. The van der Waals surface area contributed by atoms with E-state index >= 15 is 0 Å². The summed E-state index contributed by atoms with van der Waals surface area (Å²) in [4.78, 5) is 20.1. The lowest BCUT2D eigenvalue weighted by Gasteiger charge is -2.14. The fourth-order valence-corrected chi connectivity index (χ4v) is 1.33. The Kier molecular flexibility index (Phi) is 5.25. The van der Waals surface area contributed by atoms with Gasteiger partial charge in [0.05, 0.1) is 12.0 Å². The summed E-state index contributed by atoms with van der Waals surface area (Å²) >= 11 is 0. The average molecular weight is 255 g/mol. The zero-order valence-electron chi connectivity index (χ0n) is 10.7. The van der Waals surface area contributed by atoms with Crippen molar-refractivity contribution in [3.8, 4) is 5.88 Å². The van der Waals surface area contributed by atoms with E-state index in [1.807, 2.05) is 14.0 Å². The van der Waals surface area contributed by atoms with Gasteiger partial charge in [-0.05, 0) is 13.6 Å². The van der Waals surface area contributed by atoms with Crippen LogP contribution in [-0.4, -0.2) is 53.6 Å². The summed E-state index contributed by atoms with van der Waals surface area (Å²) in [6, 6.07) is 0. The number of hydrogen-bond donors (Lipinski definition) is 1. The number of ether oxygens (including phenoxy) is 1. The van der Waals surface area contributed by atoms with Crippen LogP contribution in [-0.2, 0) is 0 Å². The van der Waals surface area contributed by atoms with Crippen LogP contribution in [0.4, 0.5) is 11.5 Å². The first-order valence-electron chi connectivity index (χ1n) is 5.56. The van der Waals surface area contributed by atoms with E-state index in [-0.39, 0.29) is 17.4 Å². The van der Waals surface area contributed by atoms with Gasteiger partial charge in [-0.2, -0.15) is 4.98 Å². The number of hydrogen-bond acceptors (Lipinski definition) is 7. The van der Waals surface area contributed by atoms with Crippen molar-refractivity contribution in [3.63, 3.8) is 0 Å². The number of nitrogens with one attached hydrogen (secondary N) is 1. The molecule has 1 heterocycles. The van der Waals surface area contributed by atoms with E-state index in [0.29, 0.717) is 6.54 Å². The van der Waals surface area contributed by atoms with Gasteiger partial charge in [0.2, 0.25) is 5.82 Å². The second-order valence-corrected chi connectivity index (χ2v) is 3.66. The third-order valence-electron chi connectivity index (χ3n) is 2.49. The molecule has 0 aromatic carbocycles. The number of aromatic nitrogens is 2. The van der Waals surface area contributed by atoms with Crippen LogP contribution in [0.1, 0.15) is 6.92 Å². The minimum absolute atomic E-state index is 0.0404. The molecule has 8 nitrogen and oxygen atoms in total. The summed E-state index contributed by atoms with van der Waals surface area (Å²) in [6.07, 6.45) is 1.23. The van der Waals surface area contributed by atoms with Crippen molar-refractivity contribution in [1.82, 2.24) is 14.9 Å². The highest BCUT2D eigenvalue weighted by Crippen LogP contribution is 2.29. The quantitative estimate of drug-likeness (QED) is 0.567. The number of likely N-dealkylation sites (N-methyl/N-ethyl adjacent to an activating group) is 1. The minimum atomic E-state index is -0.551. The van der Waals surface area contributed by atoms with Gasteiger partial charge in [0, 0.05) is 13.1 Å². The Labute approximate surface area is 105 Å². The molecule has 1 aromatic rings. The van der Waals surface area contributed by atoms with Crippen molar-refractivity contribution < 1.29 is 9.66 Å². The van der Waals surface area contributed by atoms with Crippen molar-refractivity contribution in [1.29, 1.82) is 0 Å². The van der Waals surface area contributed by atoms with E-state index < -0.39 is 4.92 Å². The monoisotopic (exact) mass is 255 g/mol. The lowest BCUT2D eigenvalue weighted by Crippen LogP contribution is -2.25. The smallest absolute Gasteiger partial charge is 0.372 e. The molecule has 0 aliphatic heterocycles. The van der Waals surface area contributed by atoms with E-state index in [0.717, 1.165) is 13.1 Å². The maximum absolute atomic E-state index is 10.9. The van der Waals surface area contributed by atoms with Gasteiger partial charge in [0.25, 0.3) is 5.88 Å². The maximum Gasteiger partial charge on any atom is 0.372 e. The normalized spacial score (nSPS) is 10.4. The number of nitrogens with zero attached hydrogens (tertiary/aromatic N) is 4. The molecular weight excluding hydrogens is 238 g/mol. The predicted octanol–water partition coefficient (Wildman–Crippen LogP) is 0.757. The van der Waals surface area contributed by atoms with Crippen LogP contribution in [0.5, 0.6) is 5.88 Å². The predicted molar refractivity (Wildman–Crippen MR) is 66.9 cm³/mol. The maximum atomic E-state index is 10.9. The van der Waals surface area contributed by atoms with Crippen LogP contribution in [0, 0.1) is 10.1 Å². The van der Waals surface area contributed by atoms with Crippen molar-refractivity contribution in [3.05, 3.63) is 16.4 Å². The number of methoxy groups -OCH3 is 1. The van der Waals surface area contributed by atoms with Crippen LogP contribution in [0.3, 0.4) is 0 Å². The summed E-state index contributed by atoms with van der Waals surface area (Å²) in [7, 11) is 3.31. The van der Waals surface area contributed by atoms with Crippen LogP contribution < -0.4 is 10.1 Å². The Morgan fingerprint density at radius 3 is 2.83 bits per heavy atom. The fourth-order valence-electron chi connectivity index (χ4n) is 1.33. The van der Waals surface area contributed by atoms with Gasteiger partial charge in [0.15, 0.2) is 0 Å². The van der Waals surface area contributed by atoms with E-state index in [9.17, 15) is 10.1 Å². The highest BCUT2D eigenvalue weighted by atomic mass is 16.6. The molecule has 1 aromatic heterocycles. The van der Waals surface area contributed by atoms with Crippen molar-refractivity contribution in [2.75, 3.05) is 39.1 Å². The van der Waals surface area contributed by atoms with Crippen LogP contribution in [0.15, 0.2) is 6.33 Å². The molecule has 0 aliphatic carbocycles. The molecule has 0 bridgehead atoms. The molecule has 0 saturated carbocycles. The molecule has 1 rings (SSSR count). The van der Waals surface area contributed by atoms with Crippen molar-refractivity contribution >= 4 is 11.5 Å². The topological polar surface area (TPSA) is 93.4 Å². The number of rotatable bonds is 7. The molecule has 1 N–H and O–H groups in total. The minimum Gasteiger partial charge on any atom is -0.476 e. The van der Waals surface area contributed by atoms with Gasteiger partial charge in [-0.15, -0.1) is 0 Å². The first kappa shape index (κ1) is 14.1. The molecule has 0 aliphatic rings. The Morgan fingerprint density at radius 2 is 2.28 bits per heavy atom. The molecule has 0 amide bonds. The molecule has 0 unspecified atom stereocenters. The molecule has 0 fully saturated rings. The first-order valence-corrected chi connectivity index (χ1v) is 5.56. The molecule has 18 heavy (non-hydrogen) atoms. The number of anilines is 1. The third-order valence-corrected chi connectivity index (χ3v) is 2.49. The highest BCUT2D eigenvalue weighted by molar-refractivity contribution is 5.60. The lowest BCUT2D eigenvalue weighted by molar-refractivity contribution is -0.385. The Morgan fingerprint density at radius 1 is 1.56 bits per heavy atom. The third kappa shape index (κ3) is 3.52. The fraction of sp³-hybridized carbons (Fsp3) is 0.600. The Hall–Kier alpha value is -1.96. The van der Waals surface area contributed by atoms with E-state index in [4.69, 9.17) is 4.74 Å². The van der Waals surface area contributed by atoms with E-state index in [2.05, 4.69) is 20.2 Å². The summed E-state index contributed by atoms with van der Waals surface area (Å²) in [5.41, 5.74) is -0.237. The van der Waals surface area contributed by atoms with Crippen LogP contribution in [0.25, 0.3) is 0 Å². The van der Waals surface area contributed by atoms with Crippen LogP contribution >= 0.6 is 0 Å². The van der Waals surface area contributed by atoms with Crippen LogP contribution in [0.2, 0.25) is 0 Å². The zero-order valence-corrected chi connectivity index (χ0v) is 10.7. The van der Waals surface area contributed by atoms with E-state index in [1.165, 1.54) is 13.4 Å². The van der Waals surface area contributed by atoms with Gasteiger partial charge < -0.3 is 15.0 Å². The summed E-state index contributed by atoms with van der Waals surface area (Å²) < 4.78 is 4.85. The average Bonchev–Trinajstić information content (AvgIpc) is 2.37. The van der Waals surface area contributed by atoms with Gasteiger partial charge in [0.1, 0.15) is 6.33 Å². The Bertz CT molecular complexity index is 412. The lowest BCUT2D eigenvalue weighted by atomic mass is 10.4. The second-order valence-electron chi connectivity index (χ2n) is 3.66. The zero-order chi connectivity index (χ0) is 13.5. The molecule has 8 heteroatoms. The first-order chi connectivity index (χ1) is 8.60. The van der Waals surface area contributed by atoms with Gasteiger partial charge in [-0.3, -0.25) is 10.1 Å². The molecule has 0 atom stereocenters. The molecule has 0 radical (unpaired) electrons. The van der Waals surface area contributed by atoms with Crippen molar-refractivity contribution in [2.45, 2.75) is 6.92 Å². The molecular formula is C10H17N5O3. The van der Waals surface area contributed by atoms with E-state index in [1.54, 1.807) is 0 Å². The summed E-state index contributed by atoms with van der Waals surface area (Å²) in [5.74, 6) is 0.137. The standard InChI is InChI=1S/C10H17N5O3/c1-4-14(2)6-5-11-9-8(15(16)17)10(18-3)13-7-12-9/h7H,4-6H2,1-3H3,(H,11,12,13). The molecule has 0 spiro atoms. The largest absolute Gasteiger partial charge is 0.476 e. The van der Waals surface area contributed by atoms with Gasteiger partial charge in [-0.1, -0.05) is 6.92 Å². The summed E-state index contributed by atoms with van der Waals surface area (Å²) in [6.45, 7) is 4.28. The molecule has 0 saturated heterocycles. The van der Waals surface area contributed by atoms with Crippen molar-refractivity contribution in [2.24, 2.45) is 0 Å². The second kappa shape index (κ2) is 6.70. The molecule has 100 valence electrons. The Balaban J connectivity index is 2.78. The number of nitro groups is 1. The summed E-state index contributed by atoms with van der Waals surface area (Å²) in [5, 5.41) is 13.9. The SMILES string of the molecule is CCN(C)CCNc1ncnc(OC)c1[N+](=O)[O-].